The molecule has 2 aromatic carbocycles. The summed E-state index contributed by atoms with van der Waals surface area (Å²) < 4.78 is 5.65. The quantitative estimate of drug-likeness (QED) is 0.525. The van der Waals surface area contributed by atoms with Gasteiger partial charge in [-0.05, 0) is 80.9 Å². The van der Waals surface area contributed by atoms with Crippen molar-refractivity contribution in [3.05, 3.63) is 64.7 Å². The number of likely N-dealkylation sites (N-methyl/N-ethyl adjacent to an activating group) is 1. The summed E-state index contributed by atoms with van der Waals surface area (Å²) in [7, 11) is 1.96. The molecule has 0 bridgehead atoms. The van der Waals surface area contributed by atoms with Crippen molar-refractivity contribution in [3.63, 3.8) is 0 Å². The van der Waals surface area contributed by atoms with Crippen LogP contribution in [0.15, 0.2) is 48.5 Å². The summed E-state index contributed by atoms with van der Waals surface area (Å²) >= 11 is 6.46. The first-order valence-corrected chi connectivity index (χ1v) is 12.6. The van der Waals surface area contributed by atoms with Crippen molar-refractivity contribution in [1.29, 1.82) is 0 Å². The Hall–Kier alpha value is -2.24. The van der Waals surface area contributed by atoms with E-state index in [-0.39, 0.29) is 6.03 Å². The molecule has 1 atom stereocenters. The van der Waals surface area contributed by atoms with Gasteiger partial charge in [-0.3, -0.25) is 0 Å². The van der Waals surface area contributed by atoms with Gasteiger partial charge in [0, 0.05) is 37.7 Å². The lowest BCUT2D eigenvalue weighted by Crippen LogP contribution is -2.56. The van der Waals surface area contributed by atoms with Crippen molar-refractivity contribution in [3.8, 4) is 5.75 Å². The first kappa shape index (κ1) is 23.9. The molecule has 0 N–H and O–H groups in total. The van der Waals surface area contributed by atoms with Gasteiger partial charge in [0.15, 0.2) is 0 Å². The molecule has 0 radical (unpaired) electrons. The maximum atomic E-state index is 13.0. The lowest BCUT2D eigenvalue weighted by molar-refractivity contribution is 0.0803. The van der Waals surface area contributed by atoms with E-state index in [9.17, 15) is 4.79 Å². The predicted molar refractivity (Wildman–Crippen MR) is 134 cm³/mol. The van der Waals surface area contributed by atoms with Gasteiger partial charge in [0.25, 0.3) is 0 Å². The maximum absolute atomic E-state index is 13.0. The van der Waals surface area contributed by atoms with Crippen LogP contribution in [0, 0.1) is 5.92 Å². The number of nitrogens with zero attached hydrogens (tertiary/aromatic N) is 3. The van der Waals surface area contributed by atoms with E-state index < -0.39 is 0 Å². The summed E-state index contributed by atoms with van der Waals surface area (Å²) in [4.78, 5) is 19.4. The minimum atomic E-state index is 0.147. The number of benzene rings is 2. The van der Waals surface area contributed by atoms with Gasteiger partial charge in [-0.15, -0.1) is 0 Å². The minimum absolute atomic E-state index is 0.147. The smallest absolute Gasteiger partial charge is 0.320 e. The molecule has 2 aliphatic heterocycles. The van der Waals surface area contributed by atoms with Crippen LogP contribution in [0.1, 0.15) is 37.3 Å². The monoisotopic (exact) mass is 469 g/mol. The largest absolute Gasteiger partial charge is 0.494 e. The zero-order chi connectivity index (χ0) is 23.2. The Bertz CT molecular complexity index is 915. The predicted octanol–water partition coefficient (Wildman–Crippen LogP) is 5.32. The molecule has 2 heterocycles. The average Bonchev–Trinajstić information content (AvgIpc) is 2.83. The topological polar surface area (TPSA) is 36.0 Å². The highest BCUT2D eigenvalue weighted by molar-refractivity contribution is 6.31. The van der Waals surface area contributed by atoms with Gasteiger partial charge in [-0.25, -0.2) is 4.79 Å². The van der Waals surface area contributed by atoms with E-state index in [4.69, 9.17) is 16.3 Å². The van der Waals surface area contributed by atoms with Crippen molar-refractivity contribution in [1.82, 2.24) is 14.7 Å². The Balaban J connectivity index is 1.25. The van der Waals surface area contributed by atoms with Gasteiger partial charge < -0.3 is 19.4 Å². The molecular weight excluding hydrogens is 434 g/mol. The third-order valence-electron chi connectivity index (χ3n) is 7.08. The van der Waals surface area contributed by atoms with Crippen LogP contribution in [0.4, 0.5) is 4.79 Å². The molecule has 2 aromatic rings. The highest BCUT2D eigenvalue weighted by atomic mass is 35.5. The summed E-state index contributed by atoms with van der Waals surface area (Å²) in [5.41, 5.74) is 2.38. The van der Waals surface area contributed by atoms with Crippen molar-refractivity contribution in [2.45, 2.75) is 45.2 Å². The lowest BCUT2D eigenvalue weighted by atomic mass is 9.89. The Labute approximate surface area is 203 Å². The number of hydrogen-bond acceptors (Lipinski definition) is 3. The minimum Gasteiger partial charge on any atom is -0.494 e. The molecule has 6 heteroatoms. The van der Waals surface area contributed by atoms with E-state index in [1.165, 1.54) is 24.0 Å². The van der Waals surface area contributed by atoms with Gasteiger partial charge in [0.05, 0.1) is 6.61 Å². The van der Waals surface area contributed by atoms with E-state index >= 15 is 0 Å². The average molecular weight is 470 g/mol. The molecule has 1 unspecified atom stereocenters. The zero-order valence-electron chi connectivity index (χ0n) is 19.9. The molecular formula is C27H36ClN3O2. The van der Waals surface area contributed by atoms with E-state index in [0.29, 0.717) is 25.1 Å². The highest BCUT2D eigenvalue weighted by Gasteiger charge is 2.32. The molecule has 2 fully saturated rings. The van der Waals surface area contributed by atoms with E-state index in [1.807, 2.05) is 54.1 Å². The standard InChI is InChI=1S/C27H36ClN3O2/c1-3-33-25-9-10-26(28)23(18-25)17-21-11-14-30(15-12-21)20-24-13-16-31(27(32)29(24)2)19-22-7-5-4-6-8-22/h4-10,18,21,24H,3,11-17,19-20H2,1-2H3. The van der Waals surface area contributed by atoms with E-state index in [0.717, 1.165) is 49.8 Å². The third kappa shape index (κ3) is 6.21. The van der Waals surface area contributed by atoms with Crippen molar-refractivity contribution < 1.29 is 9.53 Å². The Morgan fingerprint density at radius 3 is 2.52 bits per heavy atom. The van der Waals surface area contributed by atoms with Crippen LogP contribution in [0.2, 0.25) is 5.02 Å². The summed E-state index contributed by atoms with van der Waals surface area (Å²) in [6, 6.07) is 16.7. The number of carbonyl (C=O) groups excluding carboxylic acids is 1. The lowest BCUT2D eigenvalue weighted by Gasteiger charge is -2.42. The fourth-order valence-electron chi connectivity index (χ4n) is 5.08. The fourth-order valence-corrected chi connectivity index (χ4v) is 5.28. The fraction of sp³-hybridized carbons (Fsp3) is 0.519. The number of piperidine rings is 1. The number of rotatable bonds is 8. The van der Waals surface area contributed by atoms with Crippen LogP contribution < -0.4 is 4.74 Å². The Morgan fingerprint density at radius 1 is 1.03 bits per heavy atom. The summed E-state index contributed by atoms with van der Waals surface area (Å²) in [6.07, 6.45) is 4.36. The van der Waals surface area contributed by atoms with Gasteiger partial charge >= 0.3 is 6.03 Å². The molecule has 33 heavy (non-hydrogen) atoms. The molecule has 0 aliphatic carbocycles. The number of carbonyl (C=O) groups is 1. The molecule has 2 amide bonds. The maximum Gasteiger partial charge on any atom is 0.320 e. The number of amides is 2. The summed E-state index contributed by atoms with van der Waals surface area (Å²) in [6.45, 7) is 7.32. The summed E-state index contributed by atoms with van der Waals surface area (Å²) in [5, 5.41) is 0.836. The molecule has 2 saturated heterocycles. The number of halogens is 1. The first-order valence-electron chi connectivity index (χ1n) is 12.2. The van der Waals surface area contributed by atoms with Crippen LogP contribution in [-0.2, 0) is 13.0 Å². The summed E-state index contributed by atoms with van der Waals surface area (Å²) in [5.74, 6) is 1.54. The van der Waals surface area contributed by atoms with Crippen molar-refractivity contribution in [2.24, 2.45) is 5.92 Å². The molecule has 0 spiro atoms. The van der Waals surface area contributed by atoms with Crippen LogP contribution in [0.5, 0.6) is 5.75 Å². The van der Waals surface area contributed by atoms with Crippen LogP contribution >= 0.6 is 11.6 Å². The first-order chi connectivity index (χ1) is 16.0. The molecule has 2 aliphatic rings. The molecule has 0 aromatic heterocycles. The second-order valence-corrected chi connectivity index (χ2v) is 9.78. The van der Waals surface area contributed by atoms with Gasteiger partial charge in [0.1, 0.15) is 5.75 Å². The zero-order valence-corrected chi connectivity index (χ0v) is 20.6. The second kappa shape index (κ2) is 11.3. The number of ether oxygens (including phenoxy) is 1. The van der Waals surface area contributed by atoms with Crippen molar-refractivity contribution in [2.75, 3.05) is 39.8 Å². The van der Waals surface area contributed by atoms with Crippen LogP contribution in [-0.4, -0.2) is 66.6 Å². The highest BCUT2D eigenvalue weighted by Crippen LogP contribution is 2.29. The van der Waals surface area contributed by atoms with Crippen LogP contribution in [0.25, 0.3) is 0 Å². The molecule has 178 valence electrons. The molecule has 4 rings (SSSR count). The second-order valence-electron chi connectivity index (χ2n) is 9.38. The normalized spacial score (nSPS) is 20.3. The van der Waals surface area contributed by atoms with Gasteiger partial charge in [0.2, 0.25) is 0 Å². The van der Waals surface area contributed by atoms with Crippen molar-refractivity contribution >= 4 is 17.6 Å². The number of hydrogen-bond donors (Lipinski definition) is 0. The van der Waals surface area contributed by atoms with Crippen LogP contribution in [0.3, 0.4) is 0 Å². The Kier molecular flexibility index (Phi) is 8.15. The van der Waals surface area contributed by atoms with Gasteiger partial charge in [-0.2, -0.15) is 0 Å². The Morgan fingerprint density at radius 2 is 1.79 bits per heavy atom. The molecule has 5 nitrogen and oxygen atoms in total. The third-order valence-corrected chi connectivity index (χ3v) is 7.45. The number of likely N-dealkylation sites (tertiary alicyclic amines) is 1. The van der Waals surface area contributed by atoms with E-state index in [2.05, 4.69) is 23.1 Å². The van der Waals surface area contributed by atoms with Gasteiger partial charge in [-0.1, -0.05) is 41.9 Å². The van der Waals surface area contributed by atoms with E-state index in [1.54, 1.807) is 0 Å². The SMILES string of the molecule is CCOc1ccc(Cl)c(CC2CCN(CC3CCN(Cc4ccccc4)C(=O)N3C)CC2)c1. The number of urea groups is 1. The molecule has 0 saturated carbocycles.